The Morgan fingerprint density at radius 3 is 2.71 bits per heavy atom. The maximum atomic E-state index is 12.5. The van der Waals surface area contributed by atoms with Crippen LogP contribution in [0.25, 0.3) is 0 Å². The molecule has 0 saturated carbocycles. The topological polar surface area (TPSA) is 99.9 Å². The molecule has 0 aliphatic rings. The molecule has 28 heavy (non-hydrogen) atoms. The minimum absolute atomic E-state index is 0.0267. The molecule has 7 nitrogen and oxygen atoms in total. The standard InChI is InChI=1S/C21H19N5O2/c1-14(2)28-19-9-4-3-8-17(19)26-20-11-18(23-13-24-20)21(27)25-16-7-5-6-15(10-16)12-22/h3-11,13-14H,1-2H3,(H,25,27)(H,23,24,26). The molecule has 0 bridgehead atoms. The SMILES string of the molecule is CC(C)Oc1ccccc1Nc1cc(C(=O)Nc2cccc(C#N)c2)ncn1. The molecule has 3 aromatic rings. The predicted molar refractivity (Wildman–Crippen MR) is 107 cm³/mol. The maximum Gasteiger partial charge on any atom is 0.274 e. The molecule has 1 heterocycles. The summed E-state index contributed by atoms with van der Waals surface area (Å²) in [7, 11) is 0. The fraction of sp³-hybridized carbons (Fsp3) is 0.143. The molecule has 7 heteroatoms. The van der Waals surface area contributed by atoms with Crippen molar-refractivity contribution in [3.8, 4) is 11.8 Å². The van der Waals surface area contributed by atoms with Gasteiger partial charge in [0.15, 0.2) is 0 Å². The fourth-order valence-corrected chi connectivity index (χ4v) is 2.48. The van der Waals surface area contributed by atoms with Gasteiger partial charge in [0, 0.05) is 11.8 Å². The summed E-state index contributed by atoms with van der Waals surface area (Å²) in [6, 6.07) is 17.8. The molecule has 3 rings (SSSR count). The van der Waals surface area contributed by atoms with E-state index in [4.69, 9.17) is 10.00 Å². The van der Waals surface area contributed by atoms with E-state index in [-0.39, 0.29) is 11.8 Å². The van der Waals surface area contributed by atoms with Crippen molar-refractivity contribution in [2.24, 2.45) is 0 Å². The molecule has 0 saturated heterocycles. The van der Waals surface area contributed by atoms with Crippen LogP contribution in [-0.2, 0) is 0 Å². The molecular weight excluding hydrogens is 354 g/mol. The average Bonchev–Trinajstić information content (AvgIpc) is 2.69. The first-order valence-electron chi connectivity index (χ1n) is 8.71. The first-order chi connectivity index (χ1) is 13.5. The van der Waals surface area contributed by atoms with Crippen molar-refractivity contribution in [2.45, 2.75) is 20.0 Å². The normalized spacial score (nSPS) is 10.2. The maximum absolute atomic E-state index is 12.5. The summed E-state index contributed by atoms with van der Waals surface area (Å²) in [5.41, 5.74) is 1.92. The molecule has 0 aliphatic heterocycles. The Balaban J connectivity index is 1.77. The first kappa shape index (κ1) is 18.9. The van der Waals surface area contributed by atoms with Crippen molar-refractivity contribution in [1.82, 2.24) is 9.97 Å². The zero-order chi connectivity index (χ0) is 19.9. The van der Waals surface area contributed by atoms with Gasteiger partial charge in [0.2, 0.25) is 0 Å². The summed E-state index contributed by atoms with van der Waals surface area (Å²) >= 11 is 0. The Bertz CT molecular complexity index is 1030. The number of nitrogens with zero attached hydrogens (tertiary/aromatic N) is 3. The number of carbonyl (C=O) groups excluding carboxylic acids is 1. The second-order valence-corrected chi connectivity index (χ2v) is 6.22. The summed E-state index contributed by atoms with van der Waals surface area (Å²) in [5, 5.41) is 14.8. The van der Waals surface area contributed by atoms with Gasteiger partial charge in [0.05, 0.1) is 23.4 Å². The number of hydrogen-bond donors (Lipinski definition) is 2. The minimum Gasteiger partial charge on any atom is -0.489 e. The zero-order valence-corrected chi connectivity index (χ0v) is 15.5. The van der Waals surface area contributed by atoms with Gasteiger partial charge in [-0.25, -0.2) is 9.97 Å². The van der Waals surface area contributed by atoms with E-state index in [9.17, 15) is 4.79 Å². The van der Waals surface area contributed by atoms with Gasteiger partial charge < -0.3 is 15.4 Å². The third-order valence-electron chi connectivity index (χ3n) is 3.66. The van der Waals surface area contributed by atoms with Gasteiger partial charge in [-0.05, 0) is 44.2 Å². The van der Waals surface area contributed by atoms with Crippen LogP contribution < -0.4 is 15.4 Å². The minimum atomic E-state index is -0.396. The fourth-order valence-electron chi connectivity index (χ4n) is 2.48. The van der Waals surface area contributed by atoms with Crippen LogP contribution in [0, 0.1) is 11.3 Å². The van der Waals surface area contributed by atoms with Crippen molar-refractivity contribution >= 4 is 23.1 Å². The number of rotatable bonds is 6. The largest absolute Gasteiger partial charge is 0.489 e. The summed E-state index contributed by atoms with van der Waals surface area (Å²) in [6.45, 7) is 3.90. The van der Waals surface area contributed by atoms with E-state index in [0.29, 0.717) is 22.8 Å². The summed E-state index contributed by atoms with van der Waals surface area (Å²) in [4.78, 5) is 20.7. The number of nitriles is 1. The molecule has 0 radical (unpaired) electrons. The molecule has 0 fully saturated rings. The molecule has 1 aromatic heterocycles. The van der Waals surface area contributed by atoms with E-state index in [1.165, 1.54) is 6.33 Å². The smallest absolute Gasteiger partial charge is 0.274 e. The lowest BCUT2D eigenvalue weighted by Gasteiger charge is -2.15. The molecular formula is C21H19N5O2. The summed E-state index contributed by atoms with van der Waals surface area (Å²) < 4.78 is 5.78. The van der Waals surface area contributed by atoms with E-state index in [0.717, 1.165) is 5.69 Å². The number of anilines is 3. The quantitative estimate of drug-likeness (QED) is 0.674. The monoisotopic (exact) mass is 373 g/mol. The van der Waals surface area contributed by atoms with Gasteiger partial charge in [0.1, 0.15) is 23.6 Å². The highest BCUT2D eigenvalue weighted by Gasteiger charge is 2.11. The van der Waals surface area contributed by atoms with Crippen LogP contribution >= 0.6 is 0 Å². The molecule has 0 aliphatic carbocycles. The lowest BCUT2D eigenvalue weighted by Crippen LogP contribution is -2.14. The van der Waals surface area contributed by atoms with Gasteiger partial charge in [-0.15, -0.1) is 0 Å². The van der Waals surface area contributed by atoms with Crippen LogP contribution in [0.3, 0.4) is 0 Å². The zero-order valence-electron chi connectivity index (χ0n) is 15.5. The van der Waals surface area contributed by atoms with Gasteiger partial charge in [0.25, 0.3) is 5.91 Å². The van der Waals surface area contributed by atoms with Gasteiger partial charge >= 0.3 is 0 Å². The van der Waals surface area contributed by atoms with E-state index >= 15 is 0 Å². The molecule has 1 amide bonds. The van der Waals surface area contributed by atoms with E-state index < -0.39 is 5.91 Å². The molecule has 140 valence electrons. The summed E-state index contributed by atoms with van der Waals surface area (Å²) in [5.74, 6) is 0.758. The van der Waals surface area contributed by atoms with E-state index in [1.54, 1.807) is 30.3 Å². The van der Waals surface area contributed by atoms with Gasteiger partial charge in [-0.2, -0.15) is 5.26 Å². The number of nitrogens with one attached hydrogen (secondary N) is 2. The van der Waals surface area contributed by atoms with Crippen LogP contribution in [0.5, 0.6) is 5.75 Å². The second kappa shape index (κ2) is 8.64. The number of ether oxygens (including phenoxy) is 1. The number of aromatic nitrogens is 2. The lowest BCUT2D eigenvalue weighted by atomic mass is 10.2. The number of amides is 1. The first-order valence-corrected chi connectivity index (χ1v) is 8.71. The van der Waals surface area contributed by atoms with E-state index in [2.05, 4.69) is 20.6 Å². The molecule has 0 unspecified atom stereocenters. The third-order valence-corrected chi connectivity index (χ3v) is 3.66. The number of para-hydroxylation sites is 2. The summed E-state index contributed by atoms with van der Waals surface area (Å²) in [6.07, 6.45) is 1.34. The average molecular weight is 373 g/mol. The highest BCUT2D eigenvalue weighted by atomic mass is 16.5. The van der Waals surface area contributed by atoms with Crippen molar-refractivity contribution in [3.63, 3.8) is 0 Å². The molecule has 0 spiro atoms. The van der Waals surface area contributed by atoms with Crippen molar-refractivity contribution in [2.75, 3.05) is 10.6 Å². The lowest BCUT2D eigenvalue weighted by molar-refractivity contribution is 0.102. The van der Waals surface area contributed by atoms with Crippen LogP contribution in [0.1, 0.15) is 29.9 Å². The van der Waals surface area contributed by atoms with Crippen molar-refractivity contribution in [3.05, 3.63) is 72.2 Å². The predicted octanol–water partition coefficient (Wildman–Crippen LogP) is 4.13. The Morgan fingerprint density at radius 2 is 1.93 bits per heavy atom. The Morgan fingerprint density at radius 1 is 1.11 bits per heavy atom. The van der Waals surface area contributed by atoms with Crippen molar-refractivity contribution in [1.29, 1.82) is 5.26 Å². The van der Waals surface area contributed by atoms with Crippen molar-refractivity contribution < 1.29 is 9.53 Å². The molecule has 2 aromatic carbocycles. The highest BCUT2D eigenvalue weighted by molar-refractivity contribution is 6.03. The molecule has 2 N–H and O–H groups in total. The Kier molecular flexibility index (Phi) is 5.82. The van der Waals surface area contributed by atoms with Crippen LogP contribution in [0.2, 0.25) is 0 Å². The van der Waals surface area contributed by atoms with Crippen LogP contribution in [0.4, 0.5) is 17.2 Å². The number of carbonyl (C=O) groups is 1. The Hall–Kier alpha value is -3.92. The highest BCUT2D eigenvalue weighted by Crippen LogP contribution is 2.27. The molecule has 0 atom stereocenters. The Labute approximate surface area is 163 Å². The van der Waals surface area contributed by atoms with Gasteiger partial charge in [-0.1, -0.05) is 18.2 Å². The van der Waals surface area contributed by atoms with Gasteiger partial charge in [-0.3, -0.25) is 4.79 Å². The van der Waals surface area contributed by atoms with Crippen LogP contribution in [-0.4, -0.2) is 22.0 Å². The van der Waals surface area contributed by atoms with Crippen LogP contribution in [0.15, 0.2) is 60.9 Å². The third kappa shape index (κ3) is 4.83. The number of benzene rings is 2. The van der Waals surface area contributed by atoms with E-state index in [1.807, 2.05) is 44.2 Å². The number of hydrogen-bond acceptors (Lipinski definition) is 6. The second-order valence-electron chi connectivity index (χ2n) is 6.22.